The molecule has 1 aromatic carbocycles. The standard InChI is InChI=1S/C17H27N3O/c1-13(2)18-17(21)20-16-11-9-15(10-12-16)19-14-7-5-3-4-6-8-14/h9-14,19H,3-8H2,1-2H3,(H2,18,20,21). The van der Waals surface area contributed by atoms with E-state index >= 15 is 0 Å². The minimum atomic E-state index is -0.158. The Labute approximate surface area is 127 Å². The van der Waals surface area contributed by atoms with Gasteiger partial charge >= 0.3 is 6.03 Å². The van der Waals surface area contributed by atoms with Gasteiger partial charge in [-0.05, 0) is 51.0 Å². The molecule has 0 heterocycles. The predicted molar refractivity (Wildman–Crippen MR) is 88.8 cm³/mol. The third-order valence-electron chi connectivity index (χ3n) is 3.79. The van der Waals surface area contributed by atoms with Crippen molar-refractivity contribution in [2.75, 3.05) is 10.6 Å². The number of anilines is 2. The molecule has 4 heteroatoms. The van der Waals surface area contributed by atoms with Gasteiger partial charge in [0.2, 0.25) is 0 Å². The fourth-order valence-electron chi connectivity index (χ4n) is 2.74. The van der Waals surface area contributed by atoms with Crippen molar-refractivity contribution in [1.29, 1.82) is 0 Å². The van der Waals surface area contributed by atoms with Gasteiger partial charge in [-0.1, -0.05) is 25.7 Å². The monoisotopic (exact) mass is 289 g/mol. The van der Waals surface area contributed by atoms with Gasteiger partial charge in [0.05, 0.1) is 0 Å². The molecule has 0 saturated heterocycles. The zero-order valence-corrected chi connectivity index (χ0v) is 13.1. The number of rotatable bonds is 4. The number of hydrogen-bond donors (Lipinski definition) is 3. The van der Waals surface area contributed by atoms with Crippen LogP contribution in [0, 0.1) is 0 Å². The van der Waals surface area contributed by atoms with Gasteiger partial charge in [0.15, 0.2) is 0 Å². The van der Waals surface area contributed by atoms with E-state index in [4.69, 9.17) is 0 Å². The van der Waals surface area contributed by atoms with Gasteiger partial charge in [-0.3, -0.25) is 0 Å². The summed E-state index contributed by atoms with van der Waals surface area (Å²) in [6, 6.07) is 8.54. The van der Waals surface area contributed by atoms with Crippen LogP contribution in [0.3, 0.4) is 0 Å². The summed E-state index contributed by atoms with van der Waals surface area (Å²) in [6.45, 7) is 3.89. The Morgan fingerprint density at radius 3 is 2.14 bits per heavy atom. The molecule has 0 radical (unpaired) electrons. The number of carbonyl (C=O) groups excluding carboxylic acids is 1. The van der Waals surface area contributed by atoms with Crippen molar-refractivity contribution in [3.05, 3.63) is 24.3 Å². The highest BCUT2D eigenvalue weighted by Crippen LogP contribution is 2.22. The Bertz CT molecular complexity index is 434. The van der Waals surface area contributed by atoms with E-state index in [-0.39, 0.29) is 12.1 Å². The van der Waals surface area contributed by atoms with Crippen LogP contribution in [0.1, 0.15) is 52.4 Å². The minimum Gasteiger partial charge on any atom is -0.382 e. The third-order valence-corrected chi connectivity index (χ3v) is 3.79. The first-order chi connectivity index (χ1) is 10.1. The van der Waals surface area contributed by atoms with Crippen LogP contribution in [0.2, 0.25) is 0 Å². The summed E-state index contributed by atoms with van der Waals surface area (Å²) in [7, 11) is 0. The quantitative estimate of drug-likeness (QED) is 0.722. The predicted octanol–water partition coefficient (Wildman–Crippen LogP) is 4.35. The maximum Gasteiger partial charge on any atom is 0.319 e. The first kappa shape index (κ1) is 15.7. The molecule has 116 valence electrons. The Hall–Kier alpha value is -1.71. The Kier molecular flexibility index (Phi) is 5.90. The van der Waals surface area contributed by atoms with Gasteiger partial charge in [-0.15, -0.1) is 0 Å². The maximum absolute atomic E-state index is 11.6. The lowest BCUT2D eigenvalue weighted by molar-refractivity contribution is 0.250. The van der Waals surface area contributed by atoms with Gasteiger partial charge in [0.1, 0.15) is 0 Å². The first-order valence-electron chi connectivity index (χ1n) is 8.07. The molecule has 1 fully saturated rings. The minimum absolute atomic E-state index is 0.140. The highest BCUT2D eigenvalue weighted by molar-refractivity contribution is 5.89. The lowest BCUT2D eigenvalue weighted by atomic mass is 10.1. The van der Waals surface area contributed by atoms with E-state index < -0.39 is 0 Å². The molecule has 0 unspecified atom stereocenters. The summed E-state index contributed by atoms with van der Waals surface area (Å²) in [5, 5.41) is 9.25. The Balaban J connectivity index is 1.85. The Morgan fingerprint density at radius 2 is 1.57 bits per heavy atom. The van der Waals surface area contributed by atoms with E-state index in [0.717, 1.165) is 11.4 Å². The van der Waals surface area contributed by atoms with E-state index in [0.29, 0.717) is 6.04 Å². The van der Waals surface area contributed by atoms with Crippen molar-refractivity contribution < 1.29 is 4.79 Å². The fraction of sp³-hybridized carbons (Fsp3) is 0.588. The first-order valence-corrected chi connectivity index (χ1v) is 8.07. The normalized spacial score (nSPS) is 16.3. The van der Waals surface area contributed by atoms with Crippen LogP contribution in [0.15, 0.2) is 24.3 Å². The van der Waals surface area contributed by atoms with Gasteiger partial charge in [0, 0.05) is 23.5 Å². The zero-order chi connectivity index (χ0) is 15.1. The van der Waals surface area contributed by atoms with Crippen LogP contribution < -0.4 is 16.0 Å². The second kappa shape index (κ2) is 7.91. The number of hydrogen-bond acceptors (Lipinski definition) is 2. The molecule has 0 aromatic heterocycles. The molecule has 2 amide bonds. The number of benzene rings is 1. The van der Waals surface area contributed by atoms with E-state index in [1.54, 1.807) is 0 Å². The van der Waals surface area contributed by atoms with Gasteiger partial charge < -0.3 is 16.0 Å². The molecule has 2 rings (SSSR count). The van der Waals surface area contributed by atoms with Gasteiger partial charge in [0.25, 0.3) is 0 Å². The average Bonchev–Trinajstić information content (AvgIpc) is 2.69. The van der Waals surface area contributed by atoms with Crippen LogP contribution in [-0.4, -0.2) is 18.1 Å². The molecule has 1 aromatic rings. The van der Waals surface area contributed by atoms with Crippen molar-refractivity contribution in [1.82, 2.24) is 5.32 Å². The van der Waals surface area contributed by atoms with Gasteiger partial charge in [-0.25, -0.2) is 4.79 Å². The van der Waals surface area contributed by atoms with Crippen LogP contribution in [-0.2, 0) is 0 Å². The van der Waals surface area contributed by atoms with Crippen molar-refractivity contribution in [2.45, 2.75) is 64.5 Å². The molecule has 21 heavy (non-hydrogen) atoms. The topological polar surface area (TPSA) is 53.2 Å². The SMILES string of the molecule is CC(C)NC(=O)Nc1ccc(NC2CCCCCC2)cc1. The largest absolute Gasteiger partial charge is 0.382 e. The van der Waals surface area contributed by atoms with Crippen LogP contribution in [0.25, 0.3) is 0 Å². The summed E-state index contributed by atoms with van der Waals surface area (Å²) in [5.74, 6) is 0. The van der Waals surface area contributed by atoms with Crippen LogP contribution in [0.5, 0.6) is 0 Å². The average molecular weight is 289 g/mol. The lowest BCUT2D eigenvalue weighted by Crippen LogP contribution is -2.34. The van der Waals surface area contributed by atoms with Crippen molar-refractivity contribution >= 4 is 17.4 Å². The second-order valence-corrected chi connectivity index (χ2v) is 6.16. The molecule has 0 aliphatic heterocycles. The fourth-order valence-corrected chi connectivity index (χ4v) is 2.74. The third kappa shape index (κ3) is 5.66. The van der Waals surface area contributed by atoms with Gasteiger partial charge in [-0.2, -0.15) is 0 Å². The zero-order valence-electron chi connectivity index (χ0n) is 13.1. The number of nitrogens with one attached hydrogen (secondary N) is 3. The molecule has 0 bridgehead atoms. The maximum atomic E-state index is 11.6. The highest BCUT2D eigenvalue weighted by Gasteiger charge is 2.11. The molecular weight excluding hydrogens is 262 g/mol. The second-order valence-electron chi connectivity index (χ2n) is 6.16. The molecular formula is C17H27N3O. The summed E-state index contributed by atoms with van der Waals surface area (Å²) < 4.78 is 0. The lowest BCUT2D eigenvalue weighted by Gasteiger charge is -2.18. The van der Waals surface area contributed by atoms with E-state index in [2.05, 4.69) is 16.0 Å². The summed E-state index contributed by atoms with van der Waals surface area (Å²) in [5.41, 5.74) is 1.95. The smallest absolute Gasteiger partial charge is 0.319 e. The summed E-state index contributed by atoms with van der Waals surface area (Å²) in [6.07, 6.45) is 7.91. The van der Waals surface area contributed by atoms with Crippen molar-refractivity contribution in [3.63, 3.8) is 0 Å². The van der Waals surface area contributed by atoms with E-state index in [1.165, 1.54) is 38.5 Å². The van der Waals surface area contributed by atoms with Crippen LogP contribution in [0.4, 0.5) is 16.2 Å². The summed E-state index contributed by atoms with van der Waals surface area (Å²) >= 11 is 0. The highest BCUT2D eigenvalue weighted by atomic mass is 16.2. The molecule has 3 N–H and O–H groups in total. The Morgan fingerprint density at radius 1 is 1.00 bits per heavy atom. The van der Waals surface area contributed by atoms with Crippen molar-refractivity contribution in [3.8, 4) is 0 Å². The number of urea groups is 1. The number of carbonyl (C=O) groups is 1. The van der Waals surface area contributed by atoms with E-state index in [9.17, 15) is 4.79 Å². The van der Waals surface area contributed by atoms with Crippen LogP contribution >= 0.6 is 0 Å². The molecule has 4 nitrogen and oxygen atoms in total. The molecule has 0 atom stereocenters. The molecule has 1 aliphatic rings. The number of amides is 2. The van der Waals surface area contributed by atoms with Crippen molar-refractivity contribution in [2.24, 2.45) is 0 Å². The molecule has 1 aliphatic carbocycles. The molecule has 1 saturated carbocycles. The summed E-state index contributed by atoms with van der Waals surface area (Å²) in [4.78, 5) is 11.6. The molecule has 0 spiro atoms. The van der Waals surface area contributed by atoms with E-state index in [1.807, 2.05) is 38.1 Å².